The zero-order valence-electron chi connectivity index (χ0n) is 16.4. The minimum absolute atomic E-state index is 0.192. The van der Waals surface area contributed by atoms with Crippen LogP contribution in [0.1, 0.15) is 24.5 Å². The Hall–Kier alpha value is -2.76. The van der Waals surface area contributed by atoms with Crippen molar-refractivity contribution in [3.05, 3.63) is 81.7 Å². The van der Waals surface area contributed by atoms with Gasteiger partial charge >= 0.3 is 0 Å². The Kier molecular flexibility index (Phi) is 6.11. The minimum Gasteiger partial charge on any atom is -0.493 e. The zero-order valence-corrected chi connectivity index (χ0v) is 18.0. The number of nitrogens with zero attached hydrogens (tertiary/aromatic N) is 1. The van der Waals surface area contributed by atoms with Gasteiger partial charge in [0.2, 0.25) is 0 Å². The molecule has 4 nitrogen and oxygen atoms in total. The molecule has 1 saturated heterocycles. The van der Waals surface area contributed by atoms with Crippen LogP contribution in [-0.4, -0.2) is 22.7 Å². The SMILES string of the molecule is CCCOc1ccc2ccccc2c1/C=C1\SC(=O)N(Cc2cccc(Cl)c2)C1=O. The van der Waals surface area contributed by atoms with Crippen LogP contribution < -0.4 is 4.74 Å². The second-order valence-corrected chi connectivity index (χ2v) is 8.37. The Labute approximate surface area is 184 Å². The molecule has 1 aliphatic rings. The third kappa shape index (κ3) is 4.23. The lowest BCUT2D eigenvalue weighted by atomic mass is 10.0. The number of ether oxygens (including phenoxy) is 1. The van der Waals surface area contributed by atoms with Gasteiger partial charge in [0.05, 0.1) is 18.1 Å². The van der Waals surface area contributed by atoms with Gasteiger partial charge in [-0.3, -0.25) is 14.5 Å². The molecular weight excluding hydrogens is 418 g/mol. The second kappa shape index (κ2) is 8.94. The number of imide groups is 1. The third-order valence-electron chi connectivity index (χ3n) is 4.77. The number of benzene rings is 3. The largest absolute Gasteiger partial charge is 0.493 e. The van der Waals surface area contributed by atoms with Crippen molar-refractivity contribution in [3.63, 3.8) is 0 Å². The molecule has 0 radical (unpaired) electrons. The van der Waals surface area contributed by atoms with Gasteiger partial charge in [0.25, 0.3) is 11.1 Å². The highest BCUT2D eigenvalue weighted by Crippen LogP contribution is 2.37. The lowest BCUT2D eigenvalue weighted by Gasteiger charge is -2.13. The number of thioether (sulfide) groups is 1. The highest BCUT2D eigenvalue weighted by Gasteiger charge is 2.35. The molecule has 3 aromatic carbocycles. The number of rotatable bonds is 6. The van der Waals surface area contributed by atoms with E-state index in [4.69, 9.17) is 16.3 Å². The summed E-state index contributed by atoms with van der Waals surface area (Å²) >= 11 is 6.99. The standard InChI is InChI=1S/C24H20ClNO3S/c1-2-12-29-21-11-10-17-7-3-4-9-19(17)20(21)14-22-23(27)26(24(28)30-22)15-16-6-5-8-18(25)13-16/h3-11,13-14H,2,12,15H2,1H3/b22-14-. The normalized spacial score (nSPS) is 15.4. The van der Waals surface area contributed by atoms with E-state index in [0.717, 1.165) is 40.1 Å². The van der Waals surface area contributed by atoms with E-state index in [0.29, 0.717) is 22.3 Å². The Morgan fingerprint density at radius 3 is 2.70 bits per heavy atom. The molecule has 3 aromatic rings. The molecule has 2 amide bonds. The van der Waals surface area contributed by atoms with E-state index in [1.54, 1.807) is 24.3 Å². The molecule has 30 heavy (non-hydrogen) atoms. The summed E-state index contributed by atoms with van der Waals surface area (Å²) in [5.74, 6) is 0.400. The number of amides is 2. The van der Waals surface area contributed by atoms with Crippen LogP contribution in [0.2, 0.25) is 5.02 Å². The summed E-state index contributed by atoms with van der Waals surface area (Å²) in [6, 6.07) is 19.0. The van der Waals surface area contributed by atoms with Gasteiger partial charge < -0.3 is 4.74 Å². The minimum atomic E-state index is -0.306. The zero-order chi connectivity index (χ0) is 21.1. The van der Waals surface area contributed by atoms with Gasteiger partial charge in [-0.05, 0) is 58.8 Å². The Morgan fingerprint density at radius 1 is 1.07 bits per heavy atom. The number of halogens is 1. The van der Waals surface area contributed by atoms with Gasteiger partial charge in [-0.25, -0.2) is 0 Å². The molecule has 1 aliphatic heterocycles. The maximum atomic E-state index is 13.0. The first-order valence-electron chi connectivity index (χ1n) is 9.71. The molecule has 1 heterocycles. The van der Waals surface area contributed by atoms with Crippen LogP contribution in [0.5, 0.6) is 5.75 Å². The average Bonchev–Trinajstić information content (AvgIpc) is 3.00. The first-order chi connectivity index (χ1) is 14.6. The first kappa shape index (κ1) is 20.5. The van der Waals surface area contributed by atoms with Gasteiger partial charge in [0.1, 0.15) is 5.75 Å². The van der Waals surface area contributed by atoms with Gasteiger partial charge in [-0.2, -0.15) is 0 Å². The lowest BCUT2D eigenvalue weighted by Crippen LogP contribution is -2.27. The van der Waals surface area contributed by atoms with E-state index in [-0.39, 0.29) is 17.7 Å². The number of hydrogen-bond acceptors (Lipinski definition) is 4. The number of carbonyl (C=O) groups excluding carboxylic acids is 2. The van der Waals surface area contributed by atoms with Crippen LogP contribution in [0.4, 0.5) is 4.79 Å². The average molecular weight is 438 g/mol. The monoisotopic (exact) mass is 437 g/mol. The number of hydrogen-bond donors (Lipinski definition) is 0. The third-order valence-corrected chi connectivity index (χ3v) is 5.91. The van der Waals surface area contributed by atoms with Crippen molar-refractivity contribution in [3.8, 4) is 5.75 Å². The van der Waals surface area contributed by atoms with Crippen molar-refractivity contribution in [1.82, 2.24) is 4.90 Å². The molecular formula is C24H20ClNO3S. The van der Waals surface area contributed by atoms with Crippen molar-refractivity contribution in [2.45, 2.75) is 19.9 Å². The van der Waals surface area contributed by atoms with Gasteiger partial charge in [-0.1, -0.05) is 61.0 Å². The van der Waals surface area contributed by atoms with Crippen LogP contribution in [-0.2, 0) is 11.3 Å². The molecule has 0 N–H and O–H groups in total. The van der Waals surface area contributed by atoms with Crippen molar-refractivity contribution in [2.75, 3.05) is 6.61 Å². The highest BCUT2D eigenvalue weighted by molar-refractivity contribution is 8.18. The van der Waals surface area contributed by atoms with Crippen molar-refractivity contribution >= 4 is 51.4 Å². The van der Waals surface area contributed by atoms with Gasteiger partial charge in [0, 0.05) is 10.6 Å². The van der Waals surface area contributed by atoms with E-state index in [1.807, 2.05) is 49.4 Å². The molecule has 0 unspecified atom stereocenters. The summed E-state index contributed by atoms with van der Waals surface area (Å²) in [6.45, 7) is 2.81. The van der Waals surface area contributed by atoms with Crippen molar-refractivity contribution in [1.29, 1.82) is 0 Å². The molecule has 0 saturated carbocycles. The summed E-state index contributed by atoms with van der Waals surface area (Å²) in [6.07, 6.45) is 2.65. The fraction of sp³-hybridized carbons (Fsp3) is 0.167. The maximum absolute atomic E-state index is 13.0. The summed E-state index contributed by atoms with van der Waals surface area (Å²) in [7, 11) is 0. The molecule has 0 bridgehead atoms. The van der Waals surface area contributed by atoms with Crippen molar-refractivity contribution in [2.24, 2.45) is 0 Å². The summed E-state index contributed by atoms with van der Waals surface area (Å²) in [5, 5.41) is 2.31. The fourth-order valence-electron chi connectivity index (χ4n) is 3.35. The van der Waals surface area contributed by atoms with Crippen molar-refractivity contribution < 1.29 is 14.3 Å². The predicted molar refractivity (Wildman–Crippen MR) is 123 cm³/mol. The molecule has 0 spiro atoms. The van der Waals surface area contributed by atoms with Gasteiger partial charge in [-0.15, -0.1) is 0 Å². The first-order valence-corrected chi connectivity index (χ1v) is 10.9. The Balaban J connectivity index is 1.70. The molecule has 0 aromatic heterocycles. The van der Waals surface area contributed by atoms with Crippen LogP contribution >= 0.6 is 23.4 Å². The molecule has 6 heteroatoms. The van der Waals surface area contributed by atoms with E-state index >= 15 is 0 Å². The number of carbonyl (C=O) groups is 2. The quantitative estimate of drug-likeness (QED) is 0.412. The van der Waals surface area contributed by atoms with E-state index in [1.165, 1.54) is 4.90 Å². The topological polar surface area (TPSA) is 46.6 Å². The Morgan fingerprint density at radius 2 is 1.90 bits per heavy atom. The van der Waals surface area contributed by atoms with Crippen LogP contribution in [0, 0.1) is 0 Å². The molecule has 1 fully saturated rings. The number of fused-ring (bicyclic) bond motifs is 1. The summed E-state index contributed by atoms with van der Waals surface area (Å²) < 4.78 is 5.92. The molecule has 4 rings (SSSR count). The van der Waals surface area contributed by atoms with Crippen LogP contribution in [0.15, 0.2) is 65.6 Å². The molecule has 152 valence electrons. The smallest absolute Gasteiger partial charge is 0.293 e. The molecule has 0 aliphatic carbocycles. The second-order valence-electron chi connectivity index (χ2n) is 6.94. The van der Waals surface area contributed by atoms with Gasteiger partial charge in [0.15, 0.2) is 0 Å². The summed E-state index contributed by atoms with van der Waals surface area (Å²) in [4.78, 5) is 27.2. The summed E-state index contributed by atoms with van der Waals surface area (Å²) in [5.41, 5.74) is 1.62. The van der Waals surface area contributed by atoms with E-state index < -0.39 is 0 Å². The molecule has 0 atom stereocenters. The fourth-order valence-corrected chi connectivity index (χ4v) is 4.38. The van der Waals surface area contributed by atoms with Crippen LogP contribution in [0.3, 0.4) is 0 Å². The maximum Gasteiger partial charge on any atom is 0.293 e. The van der Waals surface area contributed by atoms with E-state index in [9.17, 15) is 9.59 Å². The van der Waals surface area contributed by atoms with Crippen LogP contribution in [0.25, 0.3) is 16.8 Å². The lowest BCUT2D eigenvalue weighted by molar-refractivity contribution is -0.123. The Bertz CT molecular complexity index is 1160. The van der Waals surface area contributed by atoms with E-state index in [2.05, 4.69) is 0 Å². The highest BCUT2D eigenvalue weighted by atomic mass is 35.5. The predicted octanol–water partition coefficient (Wildman–Crippen LogP) is 6.52.